The molecule has 5 heteroatoms. The van der Waals surface area contributed by atoms with Crippen LogP contribution in [0.1, 0.15) is 51.3 Å². The Morgan fingerprint density at radius 3 is 2.19 bits per heavy atom. The number of hydrogen-bond acceptors (Lipinski definition) is 3. The van der Waals surface area contributed by atoms with E-state index in [2.05, 4.69) is 54.1 Å². The molecular formula is C27H36N2O3. The fraction of sp³-hybridized carbons (Fsp3) is 0.444. The van der Waals surface area contributed by atoms with Gasteiger partial charge in [-0.3, -0.25) is 4.79 Å². The molecule has 1 unspecified atom stereocenters. The van der Waals surface area contributed by atoms with Crippen LogP contribution in [0.3, 0.4) is 0 Å². The van der Waals surface area contributed by atoms with Gasteiger partial charge in [0, 0.05) is 22.1 Å². The number of carbonyl (C=O) groups is 1. The molecule has 0 saturated carbocycles. The average molecular weight is 437 g/mol. The van der Waals surface area contributed by atoms with E-state index in [1.807, 2.05) is 46.8 Å². The van der Waals surface area contributed by atoms with Crippen LogP contribution >= 0.6 is 0 Å². The van der Waals surface area contributed by atoms with Crippen LogP contribution in [0.25, 0.3) is 22.2 Å². The molecule has 32 heavy (non-hydrogen) atoms. The van der Waals surface area contributed by atoms with Gasteiger partial charge >= 0.3 is 0 Å². The van der Waals surface area contributed by atoms with Crippen LogP contribution in [0.4, 0.5) is 0 Å². The van der Waals surface area contributed by atoms with Gasteiger partial charge in [0.2, 0.25) is 5.91 Å². The SMILES string of the molecule is Cc1cc(C)cc(-c2cc3cc(C(C)(C)C(=O)NC(C)(C)C)ccc3n2CC(O)CO)c1. The number of carbonyl (C=O) groups excluding carboxylic acids is 1. The molecule has 172 valence electrons. The lowest BCUT2D eigenvalue weighted by molar-refractivity contribution is -0.127. The molecule has 0 spiro atoms. The van der Waals surface area contributed by atoms with Gasteiger partial charge in [-0.15, -0.1) is 0 Å². The highest BCUT2D eigenvalue weighted by molar-refractivity contribution is 5.92. The number of nitrogens with zero attached hydrogens (tertiary/aromatic N) is 1. The number of aromatic nitrogens is 1. The number of fused-ring (bicyclic) bond motifs is 1. The molecule has 1 amide bonds. The Morgan fingerprint density at radius 1 is 1.00 bits per heavy atom. The molecule has 0 saturated heterocycles. The van der Waals surface area contributed by atoms with Gasteiger partial charge in [-0.1, -0.05) is 23.3 Å². The molecule has 3 aromatic rings. The summed E-state index contributed by atoms with van der Waals surface area (Å²) in [6, 6.07) is 14.5. The summed E-state index contributed by atoms with van der Waals surface area (Å²) in [5.41, 5.74) is 5.26. The lowest BCUT2D eigenvalue weighted by Gasteiger charge is -2.30. The monoisotopic (exact) mass is 436 g/mol. The zero-order valence-corrected chi connectivity index (χ0v) is 20.3. The number of aryl methyl sites for hydroxylation is 2. The lowest BCUT2D eigenvalue weighted by atomic mass is 9.82. The number of aliphatic hydroxyl groups excluding tert-OH is 2. The van der Waals surface area contributed by atoms with E-state index in [4.69, 9.17) is 0 Å². The first-order valence-corrected chi connectivity index (χ1v) is 11.2. The first kappa shape index (κ1) is 24.0. The summed E-state index contributed by atoms with van der Waals surface area (Å²) < 4.78 is 2.05. The molecule has 5 nitrogen and oxygen atoms in total. The fourth-order valence-corrected chi connectivity index (χ4v) is 4.11. The zero-order valence-electron chi connectivity index (χ0n) is 20.3. The van der Waals surface area contributed by atoms with Gasteiger partial charge in [0.1, 0.15) is 0 Å². The third-order valence-electron chi connectivity index (χ3n) is 5.80. The first-order valence-electron chi connectivity index (χ1n) is 11.2. The average Bonchev–Trinajstić information content (AvgIpc) is 3.03. The predicted octanol–water partition coefficient (Wildman–Crippen LogP) is 4.47. The number of nitrogens with one attached hydrogen (secondary N) is 1. The largest absolute Gasteiger partial charge is 0.394 e. The van der Waals surface area contributed by atoms with Crippen molar-refractivity contribution >= 4 is 16.8 Å². The van der Waals surface area contributed by atoms with Gasteiger partial charge in [0.05, 0.1) is 24.7 Å². The van der Waals surface area contributed by atoms with Crippen molar-refractivity contribution in [3.63, 3.8) is 0 Å². The van der Waals surface area contributed by atoms with E-state index < -0.39 is 11.5 Å². The Bertz CT molecular complexity index is 1120. The maximum atomic E-state index is 13.0. The summed E-state index contributed by atoms with van der Waals surface area (Å²) in [7, 11) is 0. The minimum Gasteiger partial charge on any atom is -0.394 e. The molecule has 3 rings (SSSR count). The second-order valence-corrected chi connectivity index (χ2v) is 10.5. The highest BCUT2D eigenvalue weighted by atomic mass is 16.3. The van der Waals surface area contributed by atoms with Gasteiger partial charge in [0.25, 0.3) is 0 Å². The van der Waals surface area contributed by atoms with E-state index in [0.717, 1.165) is 27.7 Å². The van der Waals surface area contributed by atoms with Gasteiger partial charge < -0.3 is 20.1 Å². The third-order valence-corrected chi connectivity index (χ3v) is 5.80. The molecule has 2 aromatic carbocycles. The Labute approximate surface area is 191 Å². The summed E-state index contributed by atoms with van der Waals surface area (Å²) in [5.74, 6) is -0.0194. The van der Waals surface area contributed by atoms with Gasteiger partial charge in [-0.25, -0.2) is 0 Å². The van der Waals surface area contributed by atoms with E-state index in [1.165, 1.54) is 11.1 Å². The Hall–Kier alpha value is -2.63. The van der Waals surface area contributed by atoms with E-state index in [1.54, 1.807) is 0 Å². The summed E-state index contributed by atoms with van der Waals surface area (Å²) in [6.07, 6.45) is -0.857. The molecule has 0 fully saturated rings. The minimum absolute atomic E-state index is 0.0194. The van der Waals surface area contributed by atoms with Crippen LogP contribution in [0.2, 0.25) is 0 Å². The van der Waals surface area contributed by atoms with Crippen LogP contribution in [0.15, 0.2) is 42.5 Å². The number of aliphatic hydroxyl groups is 2. The van der Waals surface area contributed by atoms with Crippen molar-refractivity contribution in [3.05, 3.63) is 59.2 Å². The second kappa shape index (κ2) is 8.72. The Kier molecular flexibility index (Phi) is 6.55. The number of rotatable bonds is 6. The maximum absolute atomic E-state index is 13.0. The van der Waals surface area contributed by atoms with Crippen molar-refractivity contribution in [2.75, 3.05) is 6.61 Å². The van der Waals surface area contributed by atoms with Crippen molar-refractivity contribution in [2.24, 2.45) is 0 Å². The standard InChI is InChI=1S/C27H36N2O3/c1-17-10-18(2)12-19(11-17)24-14-20-13-21(27(6,7)25(32)28-26(3,4)5)8-9-23(20)29(24)15-22(31)16-30/h8-14,22,30-31H,15-16H2,1-7H3,(H,28,32). The van der Waals surface area contributed by atoms with Crippen molar-refractivity contribution in [1.29, 1.82) is 0 Å². The van der Waals surface area contributed by atoms with E-state index in [-0.39, 0.29) is 24.6 Å². The van der Waals surface area contributed by atoms with E-state index in [9.17, 15) is 15.0 Å². The van der Waals surface area contributed by atoms with Crippen LogP contribution in [0, 0.1) is 13.8 Å². The highest BCUT2D eigenvalue weighted by Gasteiger charge is 2.32. The smallest absolute Gasteiger partial charge is 0.230 e. The van der Waals surface area contributed by atoms with E-state index >= 15 is 0 Å². The molecule has 1 heterocycles. The van der Waals surface area contributed by atoms with Crippen molar-refractivity contribution in [2.45, 2.75) is 72.1 Å². The fourth-order valence-electron chi connectivity index (χ4n) is 4.11. The predicted molar refractivity (Wildman–Crippen MR) is 131 cm³/mol. The molecule has 0 aliphatic carbocycles. The summed E-state index contributed by atoms with van der Waals surface area (Å²) in [5, 5.41) is 23.8. The minimum atomic E-state index is -0.857. The lowest BCUT2D eigenvalue weighted by Crippen LogP contribution is -2.48. The summed E-state index contributed by atoms with van der Waals surface area (Å²) >= 11 is 0. The van der Waals surface area contributed by atoms with Gasteiger partial charge in [0.15, 0.2) is 0 Å². The van der Waals surface area contributed by atoms with Crippen molar-refractivity contribution < 1.29 is 15.0 Å². The third kappa shape index (κ3) is 5.05. The second-order valence-electron chi connectivity index (χ2n) is 10.5. The number of benzene rings is 2. The first-order chi connectivity index (χ1) is 14.8. The quantitative estimate of drug-likeness (QED) is 0.534. The normalized spacial score (nSPS) is 13.4. The Balaban J connectivity index is 2.14. The van der Waals surface area contributed by atoms with Crippen molar-refractivity contribution in [3.8, 4) is 11.3 Å². The van der Waals surface area contributed by atoms with Crippen LogP contribution < -0.4 is 5.32 Å². The van der Waals surface area contributed by atoms with Crippen LogP contribution in [0.5, 0.6) is 0 Å². The summed E-state index contributed by atoms with van der Waals surface area (Å²) in [6.45, 7) is 13.9. The van der Waals surface area contributed by atoms with Gasteiger partial charge in [-0.2, -0.15) is 0 Å². The molecule has 1 atom stereocenters. The molecule has 0 radical (unpaired) electrons. The molecule has 1 aromatic heterocycles. The summed E-state index contributed by atoms with van der Waals surface area (Å²) in [4.78, 5) is 13.0. The van der Waals surface area contributed by atoms with Crippen LogP contribution in [-0.2, 0) is 16.8 Å². The zero-order chi connectivity index (χ0) is 23.8. The molecule has 0 aliphatic heterocycles. The van der Waals surface area contributed by atoms with E-state index in [0.29, 0.717) is 0 Å². The highest BCUT2D eigenvalue weighted by Crippen LogP contribution is 2.33. The van der Waals surface area contributed by atoms with Gasteiger partial charge in [-0.05, 0) is 89.9 Å². The van der Waals surface area contributed by atoms with Crippen LogP contribution in [-0.4, -0.2) is 38.9 Å². The number of amides is 1. The Morgan fingerprint density at radius 2 is 1.62 bits per heavy atom. The topological polar surface area (TPSA) is 74.5 Å². The maximum Gasteiger partial charge on any atom is 0.230 e. The molecular weight excluding hydrogens is 400 g/mol. The molecule has 0 bridgehead atoms. The molecule has 3 N–H and O–H groups in total. The molecule has 0 aliphatic rings. The van der Waals surface area contributed by atoms with Crippen molar-refractivity contribution in [1.82, 2.24) is 9.88 Å². The number of hydrogen-bond donors (Lipinski definition) is 3.